The molecule has 0 aromatic heterocycles. The standard InChI is InChI=1S/C27H25NO4/c1-29-23-9-8-19-21(12-17-6-4-3-5-7-17)26-20-14-25-24(31-16-32-25)13-18(20)10-11-28(26)15-22(19)27(23)30-2/h3-9,13-15,26H,10-12,16H2,1-2H3. The van der Waals surface area contributed by atoms with Gasteiger partial charge in [-0.05, 0) is 58.5 Å². The molecule has 0 amide bonds. The van der Waals surface area contributed by atoms with Gasteiger partial charge in [0.15, 0.2) is 23.0 Å². The third-order valence-corrected chi connectivity index (χ3v) is 6.69. The van der Waals surface area contributed by atoms with Crippen LogP contribution in [0.4, 0.5) is 0 Å². The Labute approximate surface area is 187 Å². The summed E-state index contributed by atoms with van der Waals surface area (Å²) < 4.78 is 22.8. The van der Waals surface area contributed by atoms with Crippen molar-refractivity contribution in [3.8, 4) is 23.0 Å². The topological polar surface area (TPSA) is 40.2 Å². The van der Waals surface area contributed by atoms with Crippen LogP contribution in [0.2, 0.25) is 0 Å². The lowest BCUT2D eigenvalue weighted by Crippen LogP contribution is -2.44. The molecule has 0 N–H and O–H groups in total. The van der Waals surface area contributed by atoms with Crippen molar-refractivity contribution in [2.24, 2.45) is 0 Å². The first-order valence-corrected chi connectivity index (χ1v) is 10.9. The molecule has 162 valence electrons. The summed E-state index contributed by atoms with van der Waals surface area (Å²) in [4.78, 5) is 2.44. The van der Waals surface area contributed by atoms with E-state index in [4.69, 9.17) is 18.9 Å². The number of benzene rings is 3. The van der Waals surface area contributed by atoms with Crippen molar-refractivity contribution in [2.75, 3.05) is 27.6 Å². The quantitative estimate of drug-likeness (QED) is 0.640. The lowest BCUT2D eigenvalue weighted by molar-refractivity contribution is 0.174. The van der Waals surface area contributed by atoms with Gasteiger partial charge in [0, 0.05) is 18.0 Å². The number of ether oxygens (including phenoxy) is 4. The van der Waals surface area contributed by atoms with E-state index in [1.54, 1.807) is 14.2 Å². The zero-order valence-electron chi connectivity index (χ0n) is 18.3. The predicted octanol–water partition coefficient (Wildman–Crippen LogP) is 3.18. The van der Waals surface area contributed by atoms with Crippen molar-refractivity contribution in [3.63, 3.8) is 0 Å². The molecule has 0 bridgehead atoms. The molecule has 3 aliphatic rings. The van der Waals surface area contributed by atoms with E-state index in [0.717, 1.165) is 47.6 Å². The number of hydrogen-bond donors (Lipinski definition) is 0. The molecule has 0 aliphatic carbocycles. The van der Waals surface area contributed by atoms with Crippen LogP contribution in [0.15, 0.2) is 54.6 Å². The largest absolute Gasteiger partial charge is 0.493 e. The predicted molar refractivity (Wildman–Crippen MR) is 123 cm³/mol. The smallest absolute Gasteiger partial charge is 0.231 e. The van der Waals surface area contributed by atoms with Gasteiger partial charge >= 0.3 is 0 Å². The molecule has 1 unspecified atom stereocenters. The third-order valence-electron chi connectivity index (χ3n) is 6.69. The number of nitrogens with zero attached hydrogens (tertiary/aromatic N) is 1. The number of hydrogen-bond acceptors (Lipinski definition) is 5. The van der Waals surface area contributed by atoms with Gasteiger partial charge in [0.05, 0.1) is 20.3 Å². The van der Waals surface area contributed by atoms with Gasteiger partial charge in [0.1, 0.15) is 0 Å². The summed E-state index contributed by atoms with van der Waals surface area (Å²) in [6, 6.07) is 19.3. The molecular weight excluding hydrogens is 402 g/mol. The average Bonchev–Trinajstić information content (AvgIpc) is 3.29. The summed E-state index contributed by atoms with van der Waals surface area (Å²) in [7, 11) is 3.39. The van der Waals surface area contributed by atoms with Crippen LogP contribution in [0.25, 0.3) is 11.8 Å². The molecule has 0 radical (unpaired) electrons. The molecule has 0 spiro atoms. The molecule has 0 fully saturated rings. The van der Waals surface area contributed by atoms with Gasteiger partial charge in [0.2, 0.25) is 6.79 Å². The minimum absolute atomic E-state index is 0.138. The van der Waals surface area contributed by atoms with Gasteiger partial charge in [-0.1, -0.05) is 36.4 Å². The Bertz CT molecular complexity index is 1320. The zero-order chi connectivity index (χ0) is 21.7. The van der Waals surface area contributed by atoms with Gasteiger partial charge < -0.3 is 23.8 Å². The molecule has 5 nitrogen and oxygen atoms in total. The Morgan fingerprint density at radius 2 is 1.78 bits per heavy atom. The average molecular weight is 428 g/mol. The van der Waals surface area contributed by atoms with E-state index in [0.29, 0.717) is 6.79 Å². The maximum absolute atomic E-state index is 5.81. The Kier molecular flexibility index (Phi) is 4.49. The summed E-state index contributed by atoms with van der Waals surface area (Å²) >= 11 is 0. The lowest BCUT2D eigenvalue weighted by Gasteiger charge is -2.40. The Hall–Kier alpha value is -3.60. The van der Waals surface area contributed by atoms with Gasteiger partial charge in [-0.3, -0.25) is 0 Å². The first-order valence-electron chi connectivity index (χ1n) is 10.9. The second-order valence-corrected chi connectivity index (χ2v) is 8.37. The fourth-order valence-electron chi connectivity index (χ4n) is 5.23. The van der Waals surface area contributed by atoms with Gasteiger partial charge in [-0.25, -0.2) is 0 Å². The molecule has 0 saturated heterocycles. The monoisotopic (exact) mass is 427 g/mol. The molecular formula is C27H25NO4. The first-order chi connectivity index (χ1) is 15.8. The van der Waals surface area contributed by atoms with E-state index < -0.39 is 0 Å². The summed E-state index contributed by atoms with van der Waals surface area (Å²) in [6.45, 7) is 1.22. The molecule has 0 saturated carbocycles. The van der Waals surface area contributed by atoms with Gasteiger partial charge in [0.25, 0.3) is 0 Å². The van der Waals surface area contributed by atoms with E-state index in [9.17, 15) is 0 Å². The normalized spacial score (nSPS) is 17.8. The van der Waals surface area contributed by atoms with E-state index >= 15 is 0 Å². The van der Waals surface area contributed by atoms with Crippen LogP contribution in [0.3, 0.4) is 0 Å². The second kappa shape index (κ2) is 7.52. The van der Waals surface area contributed by atoms with Crippen molar-refractivity contribution in [1.29, 1.82) is 0 Å². The van der Waals surface area contributed by atoms with Crippen LogP contribution in [-0.4, -0.2) is 32.5 Å². The van der Waals surface area contributed by atoms with E-state index in [-0.39, 0.29) is 6.04 Å². The van der Waals surface area contributed by atoms with Crippen molar-refractivity contribution >= 4 is 11.8 Å². The molecule has 3 aromatic carbocycles. The number of methoxy groups -OCH3 is 2. The highest BCUT2D eigenvalue weighted by Gasteiger charge is 2.34. The second-order valence-electron chi connectivity index (χ2n) is 8.37. The summed E-state index contributed by atoms with van der Waals surface area (Å²) in [5.41, 5.74) is 5.27. The highest BCUT2D eigenvalue weighted by atomic mass is 16.7. The van der Waals surface area contributed by atoms with Crippen LogP contribution in [0.1, 0.15) is 22.7 Å². The lowest BCUT2D eigenvalue weighted by atomic mass is 9.82. The van der Waals surface area contributed by atoms with Gasteiger partial charge in [-0.15, -0.1) is 0 Å². The molecule has 3 aliphatic heterocycles. The van der Waals surface area contributed by atoms with Crippen LogP contribution >= 0.6 is 0 Å². The fraction of sp³-hybridized carbons (Fsp3) is 0.259. The maximum atomic E-state index is 5.81. The van der Waals surface area contributed by atoms with Crippen LogP contribution in [0.5, 0.6) is 23.0 Å². The van der Waals surface area contributed by atoms with Crippen molar-refractivity contribution in [2.45, 2.75) is 18.9 Å². The minimum atomic E-state index is 0.138. The highest BCUT2D eigenvalue weighted by Crippen LogP contribution is 2.44. The van der Waals surface area contributed by atoms with Gasteiger partial charge in [-0.2, -0.15) is 0 Å². The zero-order valence-corrected chi connectivity index (χ0v) is 18.3. The highest BCUT2D eigenvalue weighted by molar-refractivity contribution is 5.67. The van der Waals surface area contributed by atoms with Crippen LogP contribution < -0.4 is 29.4 Å². The summed E-state index contributed by atoms with van der Waals surface area (Å²) in [5.74, 6) is 3.22. The molecule has 5 heteroatoms. The Morgan fingerprint density at radius 1 is 0.969 bits per heavy atom. The van der Waals surface area contributed by atoms with Crippen molar-refractivity contribution in [3.05, 3.63) is 81.7 Å². The van der Waals surface area contributed by atoms with Crippen LogP contribution in [0, 0.1) is 0 Å². The molecule has 1 atom stereocenters. The maximum Gasteiger partial charge on any atom is 0.231 e. The Balaban J connectivity index is 1.61. The molecule has 3 heterocycles. The van der Waals surface area contributed by atoms with Crippen LogP contribution in [-0.2, 0) is 12.8 Å². The minimum Gasteiger partial charge on any atom is -0.493 e. The SMILES string of the molecule is COc1ccc2c(c1OC)=CN1CCc3cc4c(cc3C1C=2Cc1ccccc1)OCO4. The molecule has 6 rings (SSSR count). The summed E-state index contributed by atoms with van der Waals surface area (Å²) in [5, 5.41) is 2.29. The van der Waals surface area contributed by atoms with E-state index in [1.165, 1.54) is 27.5 Å². The first kappa shape index (κ1) is 19.1. The van der Waals surface area contributed by atoms with Crippen molar-refractivity contribution in [1.82, 2.24) is 4.90 Å². The molecule has 3 aromatic rings. The fourth-order valence-corrected chi connectivity index (χ4v) is 5.23. The van der Waals surface area contributed by atoms with E-state index in [2.05, 4.69) is 59.6 Å². The van der Waals surface area contributed by atoms with Crippen molar-refractivity contribution < 1.29 is 18.9 Å². The summed E-state index contributed by atoms with van der Waals surface area (Å²) in [6.07, 6.45) is 4.05. The Morgan fingerprint density at radius 3 is 2.56 bits per heavy atom. The number of rotatable bonds is 4. The number of fused-ring (bicyclic) bond motifs is 5. The third kappa shape index (κ3) is 2.92. The molecule has 32 heavy (non-hydrogen) atoms. The van der Waals surface area contributed by atoms with E-state index in [1.807, 2.05) is 6.07 Å².